The second kappa shape index (κ2) is 8.13. The second-order valence-corrected chi connectivity index (χ2v) is 6.62. The van der Waals surface area contributed by atoms with Gasteiger partial charge in [-0.1, -0.05) is 24.3 Å². The molecule has 1 heterocycles. The average molecular weight is 332 g/mol. The molecule has 2 aromatic rings. The molecule has 0 bridgehead atoms. The van der Waals surface area contributed by atoms with Crippen molar-refractivity contribution in [1.82, 2.24) is 10.2 Å². The summed E-state index contributed by atoms with van der Waals surface area (Å²) < 4.78 is 5.36. The molecule has 2 atom stereocenters. The molecule has 0 radical (unpaired) electrons. The van der Waals surface area contributed by atoms with Crippen LogP contribution in [0, 0.1) is 0 Å². The lowest BCUT2D eigenvalue weighted by molar-refractivity contribution is -0.123. The average Bonchev–Trinajstić information content (AvgIpc) is 3.08. The fourth-order valence-corrected chi connectivity index (χ4v) is 3.35. The third-order valence-electron chi connectivity index (χ3n) is 3.99. The number of nitrogens with zero attached hydrogens (tertiary/aromatic N) is 1. The van der Waals surface area contributed by atoms with E-state index in [-0.39, 0.29) is 18.0 Å². The lowest BCUT2D eigenvalue weighted by Crippen LogP contribution is -2.37. The number of likely N-dealkylation sites (N-methyl/N-ethyl adjacent to an activating group) is 1. The van der Waals surface area contributed by atoms with Gasteiger partial charge in [0, 0.05) is 16.5 Å². The van der Waals surface area contributed by atoms with Crippen molar-refractivity contribution in [2.45, 2.75) is 25.9 Å². The van der Waals surface area contributed by atoms with Gasteiger partial charge in [0.05, 0.1) is 19.7 Å². The predicted octanol–water partition coefficient (Wildman–Crippen LogP) is 3.63. The Balaban J connectivity index is 1.93. The highest BCUT2D eigenvalue weighted by molar-refractivity contribution is 7.10. The van der Waals surface area contributed by atoms with Gasteiger partial charge < -0.3 is 10.1 Å². The van der Waals surface area contributed by atoms with E-state index in [1.54, 1.807) is 18.4 Å². The molecule has 0 saturated carbocycles. The summed E-state index contributed by atoms with van der Waals surface area (Å²) in [6.07, 6.45) is 0. The van der Waals surface area contributed by atoms with E-state index in [1.807, 2.05) is 44.3 Å². The Labute approximate surface area is 142 Å². The van der Waals surface area contributed by atoms with E-state index in [0.717, 1.165) is 11.3 Å². The normalized spacial score (nSPS) is 13.6. The highest BCUT2D eigenvalue weighted by atomic mass is 32.1. The molecule has 1 amide bonds. The first kappa shape index (κ1) is 17.5. The monoisotopic (exact) mass is 332 g/mol. The van der Waals surface area contributed by atoms with Crippen LogP contribution in [-0.4, -0.2) is 31.5 Å². The first-order valence-corrected chi connectivity index (χ1v) is 8.56. The zero-order valence-corrected chi connectivity index (χ0v) is 14.9. The van der Waals surface area contributed by atoms with Crippen LogP contribution in [-0.2, 0) is 4.79 Å². The number of para-hydroxylation sites is 1. The lowest BCUT2D eigenvalue weighted by Gasteiger charge is -2.24. The number of carbonyl (C=O) groups excluding carboxylic acids is 1. The Kier molecular flexibility index (Phi) is 6.19. The molecule has 0 aliphatic heterocycles. The summed E-state index contributed by atoms with van der Waals surface area (Å²) in [7, 11) is 3.61. The van der Waals surface area contributed by atoms with E-state index < -0.39 is 0 Å². The molecular formula is C18H24N2O2S. The van der Waals surface area contributed by atoms with Crippen molar-refractivity contribution in [3.63, 3.8) is 0 Å². The van der Waals surface area contributed by atoms with E-state index in [2.05, 4.69) is 28.6 Å². The van der Waals surface area contributed by atoms with Crippen molar-refractivity contribution in [1.29, 1.82) is 0 Å². The van der Waals surface area contributed by atoms with Gasteiger partial charge in [-0.2, -0.15) is 0 Å². The van der Waals surface area contributed by atoms with Gasteiger partial charge >= 0.3 is 0 Å². The maximum absolute atomic E-state index is 12.3. The number of carbonyl (C=O) groups is 1. The molecule has 0 aliphatic rings. The van der Waals surface area contributed by atoms with Crippen molar-refractivity contribution in [3.8, 4) is 5.75 Å². The Morgan fingerprint density at radius 1 is 1.26 bits per heavy atom. The topological polar surface area (TPSA) is 41.6 Å². The van der Waals surface area contributed by atoms with Gasteiger partial charge in [0.25, 0.3) is 0 Å². The van der Waals surface area contributed by atoms with Gasteiger partial charge in [-0.05, 0) is 38.4 Å². The van der Waals surface area contributed by atoms with Crippen LogP contribution in [0.1, 0.15) is 36.4 Å². The van der Waals surface area contributed by atoms with Gasteiger partial charge in [0.15, 0.2) is 0 Å². The molecule has 23 heavy (non-hydrogen) atoms. The zero-order chi connectivity index (χ0) is 16.8. The van der Waals surface area contributed by atoms with E-state index >= 15 is 0 Å². The van der Waals surface area contributed by atoms with Crippen molar-refractivity contribution >= 4 is 17.2 Å². The number of thiophene rings is 1. The van der Waals surface area contributed by atoms with E-state index in [9.17, 15) is 4.79 Å². The largest absolute Gasteiger partial charge is 0.496 e. The fourth-order valence-electron chi connectivity index (χ4n) is 2.50. The highest BCUT2D eigenvalue weighted by Crippen LogP contribution is 2.25. The molecule has 1 aromatic heterocycles. The maximum atomic E-state index is 12.3. The molecule has 0 fully saturated rings. The van der Waals surface area contributed by atoms with Crippen molar-refractivity contribution in [2.24, 2.45) is 0 Å². The predicted molar refractivity (Wildman–Crippen MR) is 94.9 cm³/mol. The second-order valence-electron chi connectivity index (χ2n) is 5.64. The van der Waals surface area contributed by atoms with Crippen LogP contribution in [0.25, 0.3) is 0 Å². The lowest BCUT2D eigenvalue weighted by atomic mass is 10.1. The summed E-state index contributed by atoms with van der Waals surface area (Å²) in [6.45, 7) is 4.44. The summed E-state index contributed by atoms with van der Waals surface area (Å²) in [5.41, 5.74) is 0.984. The number of nitrogens with one attached hydrogen (secondary N) is 1. The number of hydrogen-bond donors (Lipinski definition) is 1. The standard InChI is InChI=1S/C18H24N2O2S/c1-13(15-8-5-6-9-16(15)22-4)19-18(21)12-20(3)14(2)17-10-7-11-23-17/h5-11,13-14H,12H2,1-4H3,(H,19,21). The number of hydrogen-bond acceptors (Lipinski definition) is 4. The Bertz CT molecular complexity index is 628. The SMILES string of the molecule is COc1ccccc1C(C)NC(=O)CN(C)C(C)c1cccs1. The van der Waals surface area contributed by atoms with Crippen LogP contribution in [0.4, 0.5) is 0 Å². The van der Waals surface area contributed by atoms with Crippen LogP contribution < -0.4 is 10.1 Å². The van der Waals surface area contributed by atoms with Crippen molar-refractivity contribution in [3.05, 3.63) is 52.2 Å². The minimum Gasteiger partial charge on any atom is -0.496 e. The van der Waals surface area contributed by atoms with Crippen LogP contribution in [0.5, 0.6) is 5.75 Å². The first-order valence-electron chi connectivity index (χ1n) is 7.68. The summed E-state index contributed by atoms with van der Waals surface area (Å²) in [6, 6.07) is 12.0. The molecule has 1 aromatic carbocycles. The van der Waals surface area contributed by atoms with E-state index in [1.165, 1.54) is 4.88 Å². The minimum absolute atomic E-state index is 0.00862. The van der Waals surface area contributed by atoms with Crippen LogP contribution in [0.15, 0.2) is 41.8 Å². The molecule has 0 aliphatic carbocycles. The molecule has 1 N–H and O–H groups in total. The van der Waals surface area contributed by atoms with Crippen LogP contribution in [0.3, 0.4) is 0 Å². The van der Waals surface area contributed by atoms with Gasteiger partial charge in [0.1, 0.15) is 5.75 Å². The van der Waals surface area contributed by atoms with Crippen LogP contribution in [0.2, 0.25) is 0 Å². The molecule has 5 heteroatoms. The van der Waals surface area contributed by atoms with Gasteiger partial charge in [-0.15, -0.1) is 11.3 Å². The van der Waals surface area contributed by atoms with Crippen molar-refractivity contribution < 1.29 is 9.53 Å². The molecular weight excluding hydrogens is 308 g/mol. The number of methoxy groups -OCH3 is 1. The fraction of sp³-hybridized carbons (Fsp3) is 0.389. The molecule has 124 valence electrons. The maximum Gasteiger partial charge on any atom is 0.234 e. The van der Waals surface area contributed by atoms with Gasteiger partial charge in [-0.3, -0.25) is 9.69 Å². The Morgan fingerprint density at radius 2 is 2.00 bits per heavy atom. The van der Waals surface area contributed by atoms with E-state index in [0.29, 0.717) is 6.54 Å². The molecule has 0 spiro atoms. The smallest absolute Gasteiger partial charge is 0.234 e. The van der Waals surface area contributed by atoms with Crippen LogP contribution >= 0.6 is 11.3 Å². The Morgan fingerprint density at radius 3 is 2.65 bits per heavy atom. The highest BCUT2D eigenvalue weighted by Gasteiger charge is 2.18. The number of ether oxygens (including phenoxy) is 1. The number of benzene rings is 1. The van der Waals surface area contributed by atoms with Gasteiger partial charge in [0.2, 0.25) is 5.91 Å². The summed E-state index contributed by atoms with van der Waals surface area (Å²) in [5.74, 6) is 0.801. The van der Waals surface area contributed by atoms with Gasteiger partial charge in [-0.25, -0.2) is 0 Å². The summed E-state index contributed by atoms with van der Waals surface area (Å²) in [4.78, 5) is 15.6. The molecule has 2 unspecified atom stereocenters. The molecule has 0 saturated heterocycles. The Hall–Kier alpha value is -1.85. The summed E-state index contributed by atoms with van der Waals surface area (Å²) in [5, 5.41) is 5.10. The first-order chi connectivity index (χ1) is 11.0. The third kappa shape index (κ3) is 4.56. The number of amides is 1. The number of rotatable bonds is 7. The molecule has 4 nitrogen and oxygen atoms in total. The summed E-state index contributed by atoms with van der Waals surface area (Å²) >= 11 is 1.71. The van der Waals surface area contributed by atoms with E-state index in [4.69, 9.17) is 4.74 Å². The minimum atomic E-state index is -0.0934. The quantitative estimate of drug-likeness (QED) is 0.842. The third-order valence-corrected chi connectivity index (χ3v) is 5.03. The molecule has 2 rings (SSSR count). The van der Waals surface area contributed by atoms with Crippen molar-refractivity contribution in [2.75, 3.05) is 20.7 Å². The zero-order valence-electron chi connectivity index (χ0n) is 14.1.